The highest BCUT2D eigenvalue weighted by Crippen LogP contribution is 2.23. The molecule has 1 aromatic carbocycles. The first-order valence-electron chi connectivity index (χ1n) is 5.75. The summed E-state index contributed by atoms with van der Waals surface area (Å²) in [6.07, 6.45) is 0. The molecule has 1 aromatic rings. The van der Waals surface area contributed by atoms with Gasteiger partial charge in [0.15, 0.2) is 0 Å². The summed E-state index contributed by atoms with van der Waals surface area (Å²) in [5.41, 5.74) is 11.5. The third-order valence-electron chi connectivity index (χ3n) is 2.41. The van der Waals surface area contributed by atoms with E-state index in [-0.39, 0.29) is 23.8 Å². The number of nitrogens with zero attached hydrogens (tertiary/aromatic N) is 1. The van der Waals surface area contributed by atoms with Gasteiger partial charge in [-0.15, -0.1) is 0 Å². The number of nitrogen functional groups attached to an aromatic ring is 1. The van der Waals surface area contributed by atoms with Crippen LogP contribution >= 0.6 is 11.6 Å². The Morgan fingerprint density at radius 2 is 2.00 bits per heavy atom. The van der Waals surface area contributed by atoms with E-state index in [1.807, 2.05) is 0 Å². The highest BCUT2D eigenvalue weighted by Gasteiger charge is 2.24. The fourth-order valence-corrected chi connectivity index (χ4v) is 1.70. The minimum absolute atomic E-state index is 0.0307. The van der Waals surface area contributed by atoms with Crippen molar-refractivity contribution < 1.29 is 14.4 Å². The number of benzene rings is 1. The van der Waals surface area contributed by atoms with Gasteiger partial charge < -0.3 is 16.8 Å². The van der Waals surface area contributed by atoms with Crippen molar-refractivity contribution >= 4 is 40.7 Å². The maximum absolute atomic E-state index is 11.8. The molecule has 0 radical (unpaired) electrons. The van der Waals surface area contributed by atoms with Gasteiger partial charge in [-0.2, -0.15) is 0 Å². The number of halogens is 1. The minimum Gasteiger partial charge on any atom is -0.399 e. The molecule has 20 heavy (non-hydrogen) atoms. The van der Waals surface area contributed by atoms with Crippen LogP contribution in [0, 0.1) is 0 Å². The number of rotatable bonds is 3. The van der Waals surface area contributed by atoms with Gasteiger partial charge in [-0.3, -0.25) is 19.3 Å². The third kappa shape index (κ3) is 3.94. The van der Waals surface area contributed by atoms with Crippen molar-refractivity contribution in [3.63, 3.8) is 0 Å². The molecule has 5 N–H and O–H groups in total. The monoisotopic (exact) mass is 298 g/mol. The van der Waals surface area contributed by atoms with Crippen LogP contribution in [0.3, 0.4) is 0 Å². The van der Waals surface area contributed by atoms with Crippen molar-refractivity contribution in [2.45, 2.75) is 6.92 Å². The predicted octanol–water partition coefficient (Wildman–Crippen LogP) is 0.194. The zero-order valence-electron chi connectivity index (χ0n) is 10.9. The normalized spacial score (nSPS) is 9.95. The van der Waals surface area contributed by atoms with Crippen LogP contribution in [0.1, 0.15) is 6.92 Å². The van der Waals surface area contributed by atoms with E-state index in [0.717, 1.165) is 4.90 Å². The van der Waals surface area contributed by atoms with Crippen LogP contribution in [0.4, 0.5) is 11.4 Å². The van der Waals surface area contributed by atoms with Crippen LogP contribution in [0.5, 0.6) is 0 Å². The average Bonchev–Trinajstić information content (AvgIpc) is 2.38. The van der Waals surface area contributed by atoms with Gasteiger partial charge in [0, 0.05) is 25.7 Å². The van der Waals surface area contributed by atoms with Crippen molar-refractivity contribution in [1.82, 2.24) is 4.90 Å². The Bertz CT molecular complexity index is 548. The average molecular weight is 299 g/mol. The summed E-state index contributed by atoms with van der Waals surface area (Å²) in [6, 6.07) is 4.42. The molecule has 8 heteroatoms. The smallest absolute Gasteiger partial charge is 0.318 e. The lowest BCUT2D eigenvalue weighted by Gasteiger charge is -2.17. The van der Waals surface area contributed by atoms with Gasteiger partial charge >= 0.3 is 11.8 Å². The van der Waals surface area contributed by atoms with E-state index in [9.17, 15) is 14.4 Å². The zero-order valence-corrected chi connectivity index (χ0v) is 11.6. The quantitative estimate of drug-likeness (QED) is 0.544. The molecule has 0 unspecified atom stereocenters. The molecule has 3 amide bonds. The van der Waals surface area contributed by atoms with E-state index in [2.05, 4.69) is 5.32 Å². The van der Waals surface area contributed by atoms with Gasteiger partial charge in [-0.1, -0.05) is 11.6 Å². The maximum atomic E-state index is 11.8. The summed E-state index contributed by atoms with van der Waals surface area (Å²) in [5.74, 6) is -2.52. The predicted molar refractivity (Wildman–Crippen MR) is 75.9 cm³/mol. The Hall–Kier alpha value is -2.12. The molecule has 1 rings (SSSR count). The van der Waals surface area contributed by atoms with Crippen molar-refractivity contribution in [2.24, 2.45) is 5.73 Å². The first-order chi connectivity index (χ1) is 9.36. The standard InChI is InChI=1S/C12H15ClN4O3/c1-7(18)17(5-4-14)12(20)11(19)16-10-3-2-8(15)6-9(10)13/h2-3,6H,4-5,14-15H2,1H3,(H,16,19). The summed E-state index contributed by atoms with van der Waals surface area (Å²) >= 11 is 5.87. The molecule has 0 bridgehead atoms. The van der Waals surface area contributed by atoms with E-state index < -0.39 is 17.7 Å². The highest BCUT2D eigenvalue weighted by atomic mass is 35.5. The van der Waals surface area contributed by atoms with Crippen LogP contribution in [-0.4, -0.2) is 35.7 Å². The SMILES string of the molecule is CC(=O)N(CCN)C(=O)C(=O)Nc1ccc(N)cc1Cl. The van der Waals surface area contributed by atoms with Crippen molar-refractivity contribution in [2.75, 3.05) is 24.1 Å². The molecule has 0 aliphatic carbocycles. The molecule has 7 nitrogen and oxygen atoms in total. The Morgan fingerprint density at radius 1 is 1.35 bits per heavy atom. The number of imide groups is 1. The van der Waals surface area contributed by atoms with Crippen LogP contribution < -0.4 is 16.8 Å². The molecule has 0 saturated carbocycles. The molecular formula is C12H15ClN4O3. The number of nitrogens with one attached hydrogen (secondary N) is 1. The first kappa shape index (κ1) is 15.9. The second-order valence-corrected chi connectivity index (χ2v) is 4.37. The second-order valence-electron chi connectivity index (χ2n) is 3.96. The van der Waals surface area contributed by atoms with E-state index in [0.29, 0.717) is 5.69 Å². The number of nitrogens with two attached hydrogens (primary N) is 2. The highest BCUT2D eigenvalue weighted by molar-refractivity contribution is 6.43. The molecule has 0 heterocycles. The van der Waals surface area contributed by atoms with Crippen LogP contribution in [-0.2, 0) is 14.4 Å². The van der Waals surface area contributed by atoms with Crippen LogP contribution in [0.25, 0.3) is 0 Å². The maximum Gasteiger partial charge on any atom is 0.318 e. The fraction of sp³-hybridized carbons (Fsp3) is 0.250. The van der Waals surface area contributed by atoms with Gasteiger partial charge in [0.2, 0.25) is 5.91 Å². The van der Waals surface area contributed by atoms with Crippen molar-refractivity contribution in [3.8, 4) is 0 Å². The second kappa shape index (κ2) is 6.88. The van der Waals surface area contributed by atoms with Gasteiger partial charge in [-0.05, 0) is 18.2 Å². The van der Waals surface area contributed by atoms with E-state index in [4.69, 9.17) is 23.1 Å². The fourth-order valence-electron chi connectivity index (χ4n) is 1.46. The molecule has 0 aromatic heterocycles. The van der Waals surface area contributed by atoms with Gasteiger partial charge in [0.25, 0.3) is 0 Å². The third-order valence-corrected chi connectivity index (χ3v) is 2.73. The van der Waals surface area contributed by atoms with Gasteiger partial charge in [-0.25, -0.2) is 0 Å². The Kier molecular flexibility index (Phi) is 5.48. The number of hydrogen-bond acceptors (Lipinski definition) is 5. The van der Waals surface area contributed by atoms with Gasteiger partial charge in [0.05, 0.1) is 10.7 Å². The summed E-state index contributed by atoms with van der Waals surface area (Å²) in [4.78, 5) is 35.6. The Morgan fingerprint density at radius 3 is 2.50 bits per heavy atom. The Balaban J connectivity index is 2.84. The summed E-state index contributed by atoms with van der Waals surface area (Å²) in [5, 5.41) is 2.51. The molecule has 0 aliphatic heterocycles. The molecular weight excluding hydrogens is 284 g/mol. The van der Waals surface area contributed by atoms with Crippen LogP contribution in [0.2, 0.25) is 5.02 Å². The number of carbonyl (C=O) groups excluding carboxylic acids is 3. The van der Waals surface area contributed by atoms with Gasteiger partial charge in [0.1, 0.15) is 0 Å². The molecule has 0 aliphatic rings. The summed E-state index contributed by atoms with van der Waals surface area (Å²) in [7, 11) is 0. The zero-order chi connectivity index (χ0) is 15.3. The topological polar surface area (TPSA) is 119 Å². The first-order valence-corrected chi connectivity index (χ1v) is 6.13. The summed E-state index contributed by atoms with van der Waals surface area (Å²) < 4.78 is 0. The number of anilines is 2. The lowest BCUT2D eigenvalue weighted by Crippen LogP contribution is -2.44. The molecule has 0 spiro atoms. The van der Waals surface area contributed by atoms with E-state index >= 15 is 0 Å². The number of carbonyl (C=O) groups is 3. The Labute approximate surface area is 120 Å². The molecule has 108 valence electrons. The molecule has 0 fully saturated rings. The number of hydrogen-bond donors (Lipinski definition) is 3. The lowest BCUT2D eigenvalue weighted by molar-refractivity contribution is -0.149. The molecule has 0 saturated heterocycles. The van der Waals surface area contributed by atoms with E-state index in [1.54, 1.807) is 0 Å². The number of amides is 3. The lowest BCUT2D eigenvalue weighted by atomic mass is 10.3. The molecule has 0 atom stereocenters. The largest absolute Gasteiger partial charge is 0.399 e. The van der Waals surface area contributed by atoms with Crippen molar-refractivity contribution in [1.29, 1.82) is 0 Å². The van der Waals surface area contributed by atoms with Crippen molar-refractivity contribution in [3.05, 3.63) is 23.2 Å². The minimum atomic E-state index is -0.990. The summed E-state index contributed by atoms with van der Waals surface area (Å²) in [6.45, 7) is 1.22. The van der Waals surface area contributed by atoms with E-state index in [1.165, 1.54) is 25.1 Å². The van der Waals surface area contributed by atoms with Crippen LogP contribution in [0.15, 0.2) is 18.2 Å².